The predicted molar refractivity (Wildman–Crippen MR) is 110 cm³/mol. The third-order valence-corrected chi connectivity index (χ3v) is 5.42. The minimum atomic E-state index is -0.533. The lowest BCUT2D eigenvalue weighted by Crippen LogP contribution is -2.14. The van der Waals surface area contributed by atoms with E-state index in [0.717, 1.165) is 22.3 Å². The van der Waals surface area contributed by atoms with Crippen molar-refractivity contribution in [3.8, 4) is 0 Å². The fourth-order valence-corrected chi connectivity index (χ4v) is 3.73. The lowest BCUT2D eigenvalue weighted by molar-refractivity contribution is -0.113. The predicted octanol–water partition coefficient (Wildman–Crippen LogP) is 4.81. The van der Waals surface area contributed by atoms with E-state index in [-0.39, 0.29) is 22.1 Å². The molecule has 1 amide bonds. The Bertz CT molecular complexity index is 1080. The minimum absolute atomic E-state index is 0.0223. The summed E-state index contributed by atoms with van der Waals surface area (Å²) in [5, 5.41) is 3.33. The second kappa shape index (κ2) is 8.15. The number of H-pyrrole nitrogens is 1. The molecule has 7 heteroatoms. The SMILES string of the molecule is Cc1ccc(C)c2c(=O)cc(CSCC(=O)Nc3ccc(F)c(Cl)c3)[nH]c12. The van der Waals surface area contributed by atoms with Gasteiger partial charge in [0.15, 0.2) is 5.43 Å². The number of anilines is 1. The van der Waals surface area contributed by atoms with Gasteiger partial charge in [-0.3, -0.25) is 9.59 Å². The van der Waals surface area contributed by atoms with Crippen LogP contribution in [0, 0.1) is 19.7 Å². The van der Waals surface area contributed by atoms with Crippen LogP contribution in [0.4, 0.5) is 10.1 Å². The molecule has 2 aromatic carbocycles. The van der Waals surface area contributed by atoms with Gasteiger partial charge in [-0.25, -0.2) is 4.39 Å². The van der Waals surface area contributed by atoms with Gasteiger partial charge in [-0.15, -0.1) is 11.8 Å². The number of hydrogen-bond donors (Lipinski definition) is 2. The number of nitrogens with one attached hydrogen (secondary N) is 2. The van der Waals surface area contributed by atoms with Crippen molar-refractivity contribution < 1.29 is 9.18 Å². The van der Waals surface area contributed by atoms with E-state index in [0.29, 0.717) is 16.8 Å². The molecule has 0 saturated heterocycles. The molecule has 0 aliphatic carbocycles. The van der Waals surface area contributed by atoms with E-state index in [1.807, 2.05) is 26.0 Å². The lowest BCUT2D eigenvalue weighted by Gasteiger charge is -2.09. The Morgan fingerprint density at radius 1 is 1.19 bits per heavy atom. The zero-order valence-corrected chi connectivity index (χ0v) is 16.4. The maximum Gasteiger partial charge on any atom is 0.234 e. The molecule has 0 bridgehead atoms. The summed E-state index contributed by atoms with van der Waals surface area (Å²) in [6.07, 6.45) is 0. The highest BCUT2D eigenvalue weighted by molar-refractivity contribution is 7.99. The molecular weight excluding hydrogens is 387 g/mol. The van der Waals surface area contributed by atoms with Crippen molar-refractivity contribution in [3.05, 3.63) is 74.3 Å². The number of rotatable bonds is 5. The van der Waals surface area contributed by atoms with Crippen molar-refractivity contribution in [2.45, 2.75) is 19.6 Å². The van der Waals surface area contributed by atoms with E-state index >= 15 is 0 Å². The Balaban J connectivity index is 1.65. The van der Waals surface area contributed by atoms with E-state index < -0.39 is 5.82 Å². The van der Waals surface area contributed by atoms with Crippen molar-refractivity contribution in [1.29, 1.82) is 0 Å². The highest BCUT2D eigenvalue weighted by atomic mass is 35.5. The summed E-state index contributed by atoms with van der Waals surface area (Å²) in [7, 11) is 0. The summed E-state index contributed by atoms with van der Waals surface area (Å²) in [6.45, 7) is 3.87. The van der Waals surface area contributed by atoms with Crippen LogP contribution in [0.15, 0.2) is 41.2 Å². The number of thioether (sulfide) groups is 1. The standard InChI is InChI=1S/C20H18ClFN2O2S/c1-11-3-4-12(2)20-19(11)17(25)8-14(24-20)9-27-10-18(26)23-13-5-6-16(22)15(21)7-13/h3-8H,9-10H2,1-2H3,(H,23,26)(H,24,25). The number of aromatic amines is 1. The van der Waals surface area contributed by atoms with Crippen molar-refractivity contribution in [1.82, 2.24) is 4.98 Å². The molecule has 3 aromatic rings. The van der Waals surface area contributed by atoms with Crippen LogP contribution in [0.3, 0.4) is 0 Å². The van der Waals surface area contributed by atoms with Gasteiger partial charge in [0.25, 0.3) is 0 Å². The Labute approximate surface area is 165 Å². The van der Waals surface area contributed by atoms with Gasteiger partial charge in [-0.05, 0) is 43.2 Å². The van der Waals surface area contributed by atoms with Crippen LogP contribution in [0.5, 0.6) is 0 Å². The first kappa shape index (κ1) is 19.5. The van der Waals surface area contributed by atoms with Gasteiger partial charge in [0.1, 0.15) is 5.82 Å². The topological polar surface area (TPSA) is 62.0 Å². The van der Waals surface area contributed by atoms with E-state index in [1.54, 1.807) is 6.07 Å². The first-order valence-electron chi connectivity index (χ1n) is 8.30. The monoisotopic (exact) mass is 404 g/mol. The van der Waals surface area contributed by atoms with Crippen LogP contribution in [0.25, 0.3) is 10.9 Å². The van der Waals surface area contributed by atoms with Crippen LogP contribution in [0.2, 0.25) is 5.02 Å². The zero-order chi connectivity index (χ0) is 19.6. The van der Waals surface area contributed by atoms with Crippen LogP contribution in [0.1, 0.15) is 16.8 Å². The molecule has 0 spiro atoms. The molecule has 4 nitrogen and oxygen atoms in total. The van der Waals surface area contributed by atoms with Crippen molar-refractivity contribution in [2.75, 3.05) is 11.1 Å². The Kier molecular flexibility index (Phi) is 5.87. The molecule has 1 aromatic heterocycles. The highest BCUT2D eigenvalue weighted by Gasteiger charge is 2.09. The molecule has 0 aliphatic heterocycles. The van der Waals surface area contributed by atoms with Gasteiger partial charge in [-0.2, -0.15) is 0 Å². The number of benzene rings is 2. The second-order valence-corrected chi connectivity index (χ2v) is 7.67. The summed E-state index contributed by atoms with van der Waals surface area (Å²) in [4.78, 5) is 27.8. The zero-order valence-electron chi connectivity index (χ0n) is 14.9. The normalized spacial score (nSPS) is 11.0. The summed E-state index contributed by atoms with van der Waals surface area (Å²) in [6, 6.07) is 9.52. The molecule has 0 aliphatic rings. The van der Waals surface area contributed by atoms with Crippen molar-refractivity contribution >= 4 is 45.9 Å². The quantitative estimate of drug-likeness (QED) is 0.641. The Hall–Kier alpha value is -2.31. The molecule has 0 saturated carbocycles. The van der Waals surface area contributed by atoms with E-state index in [1.165, 1.54) is 30.0 Å². The molecule has 1 heterocycles. The third-order valence-electron chi connectivity index (χ3n) is 4.15. The maximum absolute atomic E-state index is 13.1. The van der Waals surface area contributed by atoms with E-state index in [9.17, 15) is 14.0 Å². The number of carbonyl (C=O) groups is 1. The molecule has 27 heavy (non-hydrogen) atoms. The van der Waals surface area contributed by atoms with Crippen LogP contribution < -0.4 is 10.7 Å². The van der Waals surface area contributed by atoms with Gasteiger partial charge in [-0.1, -0.05) is 23.7 Å². The lowest BCUT2D eigenvalue weighted by atomic mass is 10.0. The third kappa shape index (κ3) is 4.51. The number of amides is 1. The number of aryl methyl sites for hydroxylation is 2. The molecule has 0 atom stereocenters. The number of pyridine rings is 1. The molecule has 0 fully saturated rings. The average Bonchev–Trinajstić information content (AvgIpc) is 2.61. The first-order valence-corrected chi connectivity index (χ1v) is 9.83. The number of fused-ring (bicyclic) bond motifs is 1. The molecule has 3 rings (SSSR count). The van der Waals surface area contributed by atoms with Gasteiger partial charge in [0.2, 0.25) is 5.91 Å². The molecule has 140 valence electrons. The fraction of sp³-hybridized carbons (Fsp3) is 0.200. The molecular formula is C20H18ClFN2O2S. The fourth-order valence-electron chi connectivity index (χ4n) is 2.82. The Morgan fingerprint density at radius 2 is 1.93 bits per heavy atom. The van der Waals surface area contributed by atoms with Gasteiger partial charge in [0.05, 0.1) is 16.3 Å². The second-order valence-electron chi connectivity index (χ2n) is 6.28. The largest absolute Gasteiger partial charge is 0.357 e. The summed E-state index contributed by atoms with van der Waals surface area (Å²) < 4.78 is 13.1. The Morgan fingerprint density at radius 3 is 2.67 bits per heavy atom. The molecule has 0 unspecified atom stereocenters. The van der Waals surface area contributed by atoms with Gasteiger partial charge in [0, 0.05) is 28.6 Å². The van der Waals surface area contributed by atoms with Crippen LogP contribution in [-0.4, -0.2) is 16.6 Å². The smallest absolute Gasteiger partial charge is 0.234 e. The summed E-state index contributed by atoms with van der Waals surface area (Å²) in [5.74, 6) is -0.0643. The maximum atomic E-state index is 13.1. The first-order chi connectivity index (χ1) is 12.8. The van der Waals surface area contributed by atoms with E-state index in [4.69, 9.17) is 11.6 Å². The van der Waals surface area contributed by atoms with Crippen molar-refractivity contribution in [3.63, 3.8) is 0 Å². The van der Waals surface area contributed by atoms with E-state index in [2.05, 4.69) is 10.3 Å². The van der Waals surface area contributed by atoms with Crippen LogP contribution >= 0.6 is 23.4 Å². The molecule has 2 N–H and O–H groups in total. The molecule has 0 radical (unpaired) electrons. The summed E-state index contributed by atoms with van der Waals surface area (Å²) >= 11 is 7.08. The number of aromatic nitrogens is 1. The highest BCUT2D eigenvalue weighted by Crippen LogP contribution is 2.21. The summed E-state index contributed by atoms with van der Waals surface area (Å²) in [5.41, 5.74) is 3.97. The number of halogens is 2. The number of carbonyl (C=O) groups excluding carboxylic acids is 1. The van der Waals surface area contributed by atoms with Gasteiger partial charge < -0.3 is 10.3 Å². The average molecular weight is 405 g/mol. The van der Waals surface area contributed by atoms with Crippen LogP contribution in [-0.2, 0) is 10.5 Å². The number of hydrogen-bond acceptors (Lipinski definition) is 3. The van der Waals surface area contributed by atoms with Gasteiger partial charge >= 0.3 is 0 Å². The minimum Gasteiger partial charge on any atom is -0.357 e. The van der Waals surface area contributed by atoms with Crippen molar-refractivity contribution in [2.24, 2.45) is 0 Å².